The van der Waals surface area contributed by atoms with E-state index in [9.17, 15) is 46.1 Å². The van der Waals surface area contributed by atoms with Gasteiger partial charge in [-0.2, -0.15) is 17.5 Å². The monoisotopic (exact) mass is 675 g/mol. The molecule has 2 heterocycles. The number of amides is 1. The van der Waals surface area contributed by atoms with Crippen LogP contribution in [0.3, 0.4) is 0 Å². The van der Waals surface area contributed by atoms with Crippen molar-refractivity contribution in [1.29, 1.82) is 0 Å². The molecule has 0 fully saturated rings. The molecule has 0 aliphatic carbocycles. The Morgan fingerprint density at radius 3 is 2.52 bits per heavy atom. The van der Waals surface area contributed by atoms with Crippen LogP contribution in [-0.4, -0.2) is 39.4 Å². The molecule has 1 N–H and O–H groups in total. The number of benzene rings is 3. The molecule has 46 heavy (non-hydrogen) atoms. The maximum Gasteiger partial charge on any atom is 0.431 e. The van der Waals surface area contributed by atoms with Gasteiger partial charge in [-0.1, -0.05) is 12.1 Å². The molecule has 0 saturated heterocycles. The van der Waals surface area contributed by atoms with Gasteiger partial charge in [-0.15, -0.1) is 0 Å². The second kappa shape index (κ2) is 11.9. The first-order valence-corrected chi connectivity index (χ1v) is 15.2. The van der Waals surface area contributed by atoms with E-state index in [1.54, 1.807) is 23.8 Å². The van der Waals surface area contributed by atoms with Crippen LogP contribution >= 0.6 is 11.5 Å². The topological polar surface area (TPSA) is 172 Å². The van der Waals surface area contributed by atoms with Gasteiger partial charge in [-0.3, -0.25) is 24.3 Å². The van der Waals surface area contributed by atoms with E-state index in [0.717, 1.165) is 42.8 Å². The Morgan fingerprint density at radius 2 is 1.83 bits per heavy atom. The smallest absolute Gasteiger partial charge is 0.431 e. The van der Waals surface area contributed by atoms with Crippen molar-refractivity contribution >= 4 is 43.2 Å². The third kappa shape index (κ3) is 6.24. The van der Waals surface area contributed by atoms with Crippen LogP contribution < -0.4 is 20.7 Å². The van der Waals surface area contributed by atoms with Crippen molar-refractivity contribution in [1.82, 2.24) is 18.2 Å². The van der Waals surface area contributed by atoms with Crippen LogP contribution in [-0.2, 0) is 28.0 Å². The number of hydrogen-bond donors (Lipinski definition) is 1. The lowest BCUT2D eigenvalue weighted by atomic mass is 10.0. The van der Waals surface area contributed by atoms with E-state index < -0.39 is 61.2 Å². The molecule has 0 aliphatic heterocycles. The average molecular weight is 676 g/mol. The van der Waals surface area contributed by atoms with Gasteiger partial charge in [-0.25, -0.2) is 22.5 Å². The van der Waals surface area contributed by atoms with Gasteiger partial charge in [0.2, 0.25) is 0 Å². The first-order valence-electron chi connectivity index (χ1n) is 12.9. The van der Waals surface area contributed by atoms with E-state index in [-0.39, 0.29) is 11.4 Å². The zero-order valence-electron chi connectivity index (χ0n) is 23.6. The van der Waals surface area contributed by atoms with Crippen molar-refractivity contribution in [3.05, 3.63) is 109 Å². The number of nitrogens with zero attached hydrogens (tertiary/aromatic N) is 4. The summed E-state index contributed by atoms with van der Waals surface area (Å²) in [5.41, 5.74) is -2.62. The van der Waals surface area contributed by atoms with Crippen molar-refractivity contribution in [2.45, 2.75) is 18.0 Å². The van der Waals surface area contributed by atoms with E-state index in [2.05, 4.69) is 4.37 Å². The van der Waals surface area contributed by atoms with Gasteiger partial charge in [0.15, 0.2) is 6.61 Å². The molecular weight excluding hydrogens is 655 g/mol. The van der Waals surface area contributed by atoms with Crippen LogP contribution in [0.4, 0.5) is 18.9 Å². The van der Waals surface area contributed by atoms with Gasteiger partial charge in [0.05, 0.1) is 25.9 Å². The minimum atomic E-state index is -4.91. The third-order valence-electron chi connectivity index (χ3n) is 6.74. The van der Waals surface area contributed by atoms with Gasteiger partial charge in [0.25, 0.3) is 27.2 Å². The van der Waals surface area contributed by atoms with Crippen molar-refractivity contribution < 1.29 is 36.0 Å². The first-order chi connectivity index (χ1) is 21.6. The molecule has 0 radical (unpaired) electrons. The van der Waals surface area contributed by atoms with Crippen LogP contribution in [0.15, 0.2) is 81.2 Å². The number of sulfonamides is 1. The predicted octanol–water partition coefficient (Wildman–Crippen LogP) is 3.93. The van der Waals surface area contributed by atoms with E-state index in [1.807, 2.05) is 0 Å². The number of aromatic nitrogens is 3. The summed E-state index contributed by atoms with van der Waals surface area (Å²) < 4.78 is 78.4. The van der Waals surface area contributed by atoms with E-state index in [1.165, 1.54) is 24.3 Å². The van der Waals surface area contributed by atoms with Crippen LogP contribution in [0.5, 0.6) is 5.75 Å². The second-order valence-corrected chi connectivity index (χ2v) is 12.3. The fourth-order valence-electron chi connectivity index (χ4n) is 4.49. The fourth-order valence-corrected chi connectivity index (χ4v) is 6.27. The maximum atomic E-state index is 13.3. The molecule has 13 nitrogen and oxygen atoms in total. The zero-order valence-corrected chi connectivity index (χ0v) is 25.2. The Morgan fingerprint density at radius 1 is 1.09 bits per heavy atom. The number of halogens is 3. The van der Waals surface area contributed by atoms with Crippen molar-refractivity contribution in [2.24, 2.45) is 7.05 Å². The maximum absolute atomic E-state index is 13.3. The molecule has 18 heteroatoms. The molecule has 5 aromatic rings. The number of aryl methyl sites for hydroxylation is 1. The number of rotatable bonds is 8. The predicted molar refractivity (Wildman–Crippen MR) is 160 cm³/mol. The van der Waals surface area contributed by atoms with E-state index >= 15 is 0 Å². The quantitative estimate of drug-likeness (QED) is 0.189. The Bertz CT molecular complexity index is 2280. The highest BCUT2D eigenvalue weighted by Crippen LogP contribution is 2.35. The highest BCUT2D eigenvalue weighted by Gasteiger charge is 2.35. The summed E-state index contributed by atoms with van der Waals surface area (Å²) in [5.74, 6) is -0.908. The highest BCUT2D eigenvalue weighted by molar-refractivity contribution is 7.90. The summed E-state index contributed by atoms with van der Waals surface area (Å²) >= 11 is 1.09. The van der Waals surface area contributed by atoms with E-state index in [4.69, 9.17) is 4.74 Å². The lowest BCUT2D eigenvalue weighted by molar-refractivity contribution is -0.385. The standard InChI is InChI=1S/C28H20F3N5O8S2/c1-15-6-8-18(44-14-24(37)33-46(42,43)19-5-3-4-17(10-19)36(40)41)12-20(15)26-21-11-16(7-9-22(21)45-32-26)35-25(38)13-23(28(29,30)31)34(2)27(35)39/h3-13H,14H2,1-2H3,(H,33,37). The number of alkyl halides is 3. The molecule has 0 atom stereocenters. The minimum absolute atomic E-state index is 0.0139. The average Bonchev–Trinajstić information content (AvgIpc) is 3.41. The van der Waals surface area contributed by atoms with Gasteiger partial charge in [0, 0.05) is 36.2 Å². The summed E-state index contributed by atoms with van der Waals surface area (Å²) in [4.78, 5) is 47.6. The molecule has 0 unspecified atom stereocenters. The van der Waals surface area contributed by atoms with Crippen LogP contribution in [0.25, 0.3) is 27.0 Å². The van der Waals surface area contributed by atoms with Gasteiger partial charge in [0.1, 0.15) is 11.4 Å². The summed E-state index contributed by atoms with van der Waals surface area (Å²) in [5, 5.41) is 11.4. The fraction of sp³-hybridized carbons (Fsp3) is 0.143. The largest absolute Gasteiger partial charge is 0.484 e. The number of ether oxygens (including phenoxy) is 1. The Labute approximate surface area is 260 Å². The summed E-state index contributed by atoms with van der Waals surface area (Å²) in [6.07, 6.45) is -4.91. The molecule has 0 saturated carbocycles. The molecule has 3 aromatic carbocycles. The number of non-ortho nitro benzene ring substituents is 1. The normalized spacial score (nSPS) is 11.8. The number of carbonyl (C=O) groups excluding carboxylic acids is 1. The van der Waals surface area contributed by atoms with Crippen molar-refractivity contribution in [3.8, 4) is 22.7 Å². The third-order valence-corrected chi connectivity index (χ3v) is 8.94. The first kappa shape index (κ1) is 32.0. The second-order valence-electron chi connectivity index (χ2n) is 9.80. The molecule has 2 aromatic heterocycles. The van der Waals surface area contributed by atoms with Crippen molar-refractivity contribution in [3.63, 3.8) is 0 Å². The van der Waals surface area contributed by atoms with E-state index in [0.29, 0.717) is 42.1 Å². The van der Waals surface area contributed by atoms with Gasteiger partial charge >= 0.3 is 11.9 Å². The van der Waals surface area contributed by atoms with Crippen LogP contribution in [0.2, 0.25) is 0 Å². The molecule has 1 amide bonds. The SMILES string of the molecule is Cc1ccc(OCC(=O)NS(=O)(=O)c2cccc([N+](=O)[O-])c2)cc1-c1nsc2ccc(-n3c(=O)cc(C(F)(F)F)n(C)c3=O)cc12. The molecule has 0 spiro atoms. The molecule has 238 valence electrons. The minimum Gasteiger partial charge on any atom is -0.484 e. The lowest BCUT2D eigenvalue weighted by Crippen LogP contribution is -2.40. The Balaban J connectivity index is 1.42. The number of carbonyl (C=O) groups is 1. The number of nitrogens with one attached hydrogen (secondary N) is 1. The molecule has 5 rings (SSSR count). The van der Waals surface area contributed by atoms with Crippen LogP contribution in [0, 0.1) is 17.0 Å². The molecule has 0 aliphatic rings. The highest BCUT2D eigenvalue weighted by atomic mass is 32.2. The lowest BCUT2D eigenvalue weighted by Gasteiger charge is -2.14. The Kier molecular flexibility index (Phi) is 8.26. The van der Waals surface area contributed by atoms with Crippen molar-refractivity contribution in [2.75, 3.05) is 6.61 Å². The number of fused-ring (bicyclic) bond motifs is 1. The number of nitro benzene ring substituents is 1. The Hall–Kier alpha value is -5.36. The molecule has 0 bridgehead atoms. The number of hydrogen-bond acceptors (Lipinski definition) is 10. The summed E-state index contributed by atoms with van der Waals surface area (Å²) in [7, 11) is -3.52. The summed E-state index contributed by atoms with van der Waals surface area (Å²) in [6, 6.07) is 13.6. The van der Waals surface area contributed by atoms with Crippen LogP contribution in [0.1, 0.15) is 11.3 Å². The summed E-state index contributed by atoms with van der Waals surface area (Å²) in [6.45, 7) is 1.02. The zero-order chi connectivity index (χ0) is 33.6. The molecular formula is C28H20F3N5O8S2. The van der Waals surface area contributed by atoms with Gasteiger partial charge < -0.3 is 4.74 Å². The number of nitro groups is 1. The van der Waals surface area contributed by atoms with Gasteiger partial charge in [-0.05, 0) is 60.4 Å².